The first-order valence-corrected chi connectivity index (χ1v) is 12.2. The highest BCUT2D eigenvalue weighted by Crippen LogP contribution is 2.32. The van der Waals surface area contributed by atoms with Crippen molar-refractivity contribution < 1.29 is 21.6 Å². The van der Waals surface area contributed by atoms with E-state index in [1.165, 1.54) is 41.7 Å². The molecule has 1 heterocycles. The fourth-order valence-electron chi connectivity index (χ4n) is 3.26. The van der Waals surface area contributed by atoms with Crippen LogP contribution in [0.15, 0.2) is 46.2 Å². The predicted octanol–water partition coefficient (Wildman–Crippen LogP) is 2.80. The van der Waals surface area contributed by atoms with Crippen molar-refractivity contribution >= 4 is 37.3 Å². The number of nitrogens with zero attached hydrogens (tertiary/aromatic N) is 2. The standard InChI is InChI=1S/C19H23ClN2O5S2/c1-14-12-15(2)19(29(25,26)22-8-10-27-11-9-22)13-18(14)21(3)28(23,24)17-6-4-16(20)5-7-17/h4-7,12-13H,8-11H2,1-3H3. The molecule has 0 amide bonds. The number of anilines is 1. The average molecular weight is 459 g/mol. The summed E-state index contributed by atoms with van der Waals surface area (Å²) in [5.41, 5.74) is 1.52. The van der Waals surface area contributed by atoms with Gasteiger partial charge in [-0.25, -0.2) is 16.8 Å². The van der Waals surface area contributed by atoms with Gasteiger partial charge in [0, 0.05) is 25.2 Å². The molecule has 0 aliphatic carbocycles. The van der Waals surface area contributed by atoms with Gasteiger partial charge >= 0.3 is 0 Å². The molecule has 0 aromatic heterocycles. The van der Waals surface area contributed by atoms with Crippen molar-refractivity contribution in [1.82, 2.24) is 4.31 Å². The molecular weight excluding hydrogens is 436 g/mol. The maximum Gasteiger partial charge on any atom is 0.264 e. The van der Waals surface area contributed by atoms with Crippen LogP contribution in [0.4, 0.5) is 5.69 Å². The van der Waals surface area contributed by atoms with Crippen molar-refractivity contribution in [2.45, 2.75) is 23.6 Å². The number of benzene rings is 2. The fourth-order valence-corrected chi connectivity index (χ4v) is 6.27. The van der Waals surface area contributed by atoms with Gasteiger partial charge in [0.1, 0.15) is 0 Å². The molecule has 0 radical (unpaired) electrons. The smallest absolute Gasteiger partial charge is 0.264 e. The van der Waals surface area contributed by atoms with Gasteiger partial charge in [-0.2, -0.15) is 4.31 Å². The van der Waals surface area contributed by atoms with Crippen molar-refractivity contribution in [3.05, 3.63) is 52.5 Å². The molecule has 0 spiro atoms. The Morgan fingerprint density at radius 2 is 1.55 bits per heavy atom. The molecule has 2 aromatic rings. The summed E-state index contributed by atoms with van der Waals surface area (Å²) in [6.07, 6.45) is 0. The summed E-state index contributed by atoms with van der Waals surface area (Å²) in [6, 6.07) is 8.96. The fraction of sp³-hybridized carbons (Fsp3) is 0.368. The highest BCUT2D eigenvalue weighted by atomic mass is 35.5. The number of halogens is 1. The van der Waals surface area contributed by atoms with Gasteiger partial charge in [-0.3, -0.25) is 4.31 Å². The molecule has 1 aliphatic heterocycles. The van der Waals surface area contributed by atoms with Crippen LogP contribution in [-0.2, 0) is 24.8 Å². The number of sulfonamides is 2. The Balaban J connectivity index is 2.06. The first-order valence-electron chi connectivity index (χ1n) is 8.99. The molecule has 1 fully saturated rings. The van der Waals surface area contributed by atoms with E-state index >= 15 is 0 Å². The lowest BCUT2D eigenvalue weighted by Gasteiger charge is -2.28. The summed E-state index contributed by atoms with van der Waals surface area (Å²) >= 11 is 5.86. The third-order valence-corrected chi connectivity index (χ3v) is 8.97. The normalized spacial score (nSPS) is 16.0. The number of hydrogen-bond acceptors (Lipinski definition) is 5. The Bertz CT molecular complexity index is 1110. The Morgan fingerprint density at radius 3 is 2.14 bits per heavy atom. The van der Waals surface area contributed by atoms with E-state index < -0.39 is 20.0 Å². The molecule has 3 rings (SSSR count). The maximum absolute atomic E-state index is 13.1. The lowest BCUT2D eigenvalue weighted by Crippen LogP contribution is -2.41. The van der Waals surface area contributed by atoms with E-state index in [1.54, 1.807) is 19.9 Å². The van der Waals surface area contributed by atoms with Gasteiger partial charge < -0.3 is 4.74 Å². The van der Waals surface area contributed by atoms with Crippen LogP contribution in [0.3, 0.4) is 0 Å². The van der Waals surface area contributed by atoms with Crippen molar-refractivity contribution in [3.8, 4) is 0 Å². The van der Waals surface area contributed by atoms with Crippen molar-refractivity contribution in [1.29, 1.82) is 0 Å². The van der Waals surface area contributed by atoms with Crippen LogP contribution in [0.1, 0.15) is 11.1 Å². The molecule has 0 bridgehead atoms. The zero-order chi connectivity index (χ0) is 21.4. The molecule has 0 unspecified atom stereocenters. The maximum atomic E-state index is 13.1. The van der Waals surface area contributed by atoms with Crippen LogP contribution in [0, 0.1) is 13.8 Å². The molecule has 10 heteroatoms. The van der Waals surface area contributed by atoms with Gasteiger partial charge in [-0.05, 0) is 55.3 Å². The summed E-state index contributed by atoms with van der Waals surface area (Å²) in [5, 5.41) is 0.428. The zero-order valence-corrected chi connectivity index (χ0v) is 18.8. The summed E-state index contributed by atoms with van der Waals surface area (Å²) in [7, 11) is -6.24. The highest BCUT2D eigenvalue weighted by molar-refractivity contribution is 7.92. The van der Waals surface area contributed by atoms with Crippen LogP contribution in [0.5, 0.6) is 0 Å². The second kappa shape index (κ2) is 8.23. The van der Waals surface area contributed by atoms with Crippen LogP contribution in [0.25, 0.3) is 0 Å². The molecule has 0 N–H and O–H groups in total. The second-order valence-electron chi connectivity index (χ2n) is 6.85. The largest absolute Gasteiger partial charge is 0.379 e. The summed E-state index contributed by atoms with van der Waals surface area (Å²) in [6.45, 7) is 4.66. The Hall–Kier alpha value is -1.65. The van der Waals surface area contributed by atoms with E-state index in [1.807, 2.05) is 0 Å². The SMILES string of the molecule is Cc1cc(C)c(S(=O)(=O)N2CCOCC2)cc1N(C)S(=O)(=O)c1ccc(Cl)cc1. The monoisotopic (exact) mass is 458 g/mol. The van der Waals surface area contributed by atoms with Gasteiger partial charge in [0.25, 0.3) is 10.0 Å². The average Bonchev–Trinajstić information content (AvgIpc) is 2.68. The molecule has 158 valence electrons. The van der Waals surface area contributed by atoms with E-state index in [0.29, 0.717) is 35.1 Å². The number of rotatable bonds is 5. The minimum atomic E-state index is -3.88. The lowest BCUT2D eigenvalue weighted by atomic mass is 10.1. The summed E-state index contributed by atoms with van der Waals surface area (Å²) in [4.78, 5) is 0.167. The van der Waals surface area contributed by atoms with Crippen LogP contribution in [-0.4, -0.2) is 54.5 Å². The van der Waals surface area contributed by atoms with Crippen molar-refractivity contribution in [2.75, 3.05) is 37.7 Å². The first-order chi connectivity index (χ1) is 13.5. The predicted molar refractivity (Wildman–Crippen MR) is 113 cm³/mol. The minimum absolute atomic E-state index is 0.0713. The molecule has 2 aromatic carbocycles. The minimum Gasteiger partial charge on any atom is -0.379 e. The number of morpholine rings is 1. The van der Waals surface area contributed by atoms with Gasteiger partial charge in [0.2, 0.25) is 10.0 Å². The quantitative estimate of drug-likeness (QED) is 0.687. The van der Waals surface area contributed by atoms with Crippen molar-refractivity contribution in [3.63, 3.8) is 0 Å². The first kappa shape index (κ1) is 22.0. The second-order valence-corrected chi connectivity index (χ2v) is 11.2. The summed E-state index contributed by atoms with van der Waals surface area (Å²) < 4.78 is 60.1. The van der Waals surface area contributed by atoms with Crippen molar-refractivity contribution in [2.24, 2.45) is 0 Å². The molecule has 29 heavy (non-hydrogen) atoms. The van der Waals surface area contributed by atoms with E-state index in [0.717, 1.165) is 4.31 Å². The Morgan fingerprint density at radius 1 is 0.966 bits per heavy atom. The number of aryl methyl sites for hydroxylation is 2. The van der Waals surface area contributed by atoms with Crippen LogP contribution in [0.2, 0.25) is 5.02 Å². The molecule has 1 aliphatic rings. The van der Waals surface area contributed by atoms with Gasteiger partial charge in [0.15, 0.2) is 0 Å². The molecule has 0 saturated carbocycles. The van der Waals surface area contributed by atoms with E-state index in [-0.39, 0.29) is 22.9 Å². The highest BCUT2D eigenvalue weighted by Gasteiger charge is 2.30. The van der Waals surface area contributed by atoms with Crippen LogP contribution >= 0.6 is 11.6 Å². The number of hydrogen-bond donors (Lipinski definition) is 0. The van der Waals surface area contributed by atoms with Gasteiger partial charge in [0.05, 0.1) is 28.7 Å². The zero-order valence-electron chi connectivity index (χ0n) is 16.4. The molecule has 1 saturated heterocycles. The topological polar surface area (TPSA) is 84.0 Å². The Labute approximate surface area is 176 Å². The van der Waals surface area contributed by atoms with Gasteiger partial charge in [-0.1, -0.05) is 17.7 Å². The van der Waals surface area contributed by atoms with E-state index in [4.69, 9.17) is 16.3 Å². The van der Waals surface area contributed by atoms with E-state index in [2.05, 4.69) is 0 Å². The van der Waals surface area contributed by atoms with Crippen LogP contribution < -0.4 is 4.31 Å². The van der Waals surface area contributed by atoms with Gasteiger partial charge in [-0.15, -0.1) is 0 Å². The molecule has 0 atom stereocenters. The Kier molecular flexibility index (Phi) is 6.26. The molecular formula is C19H23ClN2O5S2. The lowest BCUT2D eigenvalue weighted by molar-refractivity contribution is 0.0730. The number of ether oxygens (including phenoxy) is 1. The molecule has 7 nitrogen and oxygen atoms in total. The van der Waals surface area contributed by atoms with E-state index in [9.17, 15) is 16.8 Å². The summed E-state index contributed by atoms with van der Waals surface area (Å²) in [5.74, 6) is 0. The third-order valence-electron chi connectivity index (χ3n) is 4.89. The third kappa shape index (κ3) is 4.29.